The van der Waals surface area contributed by atoms with E-state index in [1.165, 1.54) is 5.56 Å². The van der Waals surface area contributed by atoms with Crippen LogP contribution in [0.3, 0.4) is 0 Å². The zero-order valence-electron chi connectivity index (χ0n) is 9.28. The summed E-state index contributed by atoms with van der Waals surface area (Å²) in [4.78, 5) is 0. The van der Waals surface area contributed by atoms with Gasteiger partial charge in [0.2, 0.25) is 0 Å². The van der Waals surface area contributed by atoms with Gasteiger partial charge in [-0.2, -0.15) is 0 Å². The van der Waals surface area contributed by atoms with E-state index in [-0.39, 0.29) is 0 Å². The van der Waals surface area contributed by atoms with Crippen LogP contribution in [0, 0.1) is 0 Å². The normalized spacial score (nSPS) is 25.7. The first-order chi connectivity index (χ1) is 7.36. The van der Waals surface area contributed by atoms with Crippen molar-refractivity contribution in [2.24, 2.45) is 0 Å². The van der Waals surface area contributed by atoms with Crippen LogP contribution in [0.5, 0.6) is 0 Å². The SMILES string of the molecule is C[C@@H]1OCC[C@@H]1NCCc1ccccc1. The van der Waals surface area contributed by atoms with Crippen molar-refractivity contribution in [2.45, 2.75) is 31.9 Å². The third kappa shape index (κ3) is 3.05. The van der Waals surface area contributed by atoms with Gasteiger partial charge in [-0.3, -0.25) is 0 Å². The Morgan fingerprint density at radius 1 is 1.33 bits per heavy atom. The molecule has 1 N–H and O–H groups in total. The number of nitrogens with one attached hydrogen (secondary N) is 1. The van der Waals surface area contributed by atoms with Gasteiger partial charge in [0, 0.05) is 12.6 Å². The van der Waals surface area contributed by atoms with Crippen molar-refractivity contribution in [3.8, 4) is 0 Å². The summed E-state index contributed by atoms with van der Waals surface area (Å²) in [5.41, 5.74) is 1.40. The van der Waals surface area contributed by atoms with Crippen molar-refractivity contribution in [3.63, 3.8) is 0 Å². The minimum Gasteiger partial charge on any atom is -0.377 e. The molecule has 1 heterocycles. The van der Waals surface area contributed by atoms with Crippen LogP contribution in [0.25, 0.3) is 0 Å². The number of ether oxygens (including phenoxy) is 1. The Morgan fingerprint density at radius 3 is 2.80 bits per heavy atom. The van der Waals surface area contributed by atoms with Crippen LogP contribution in [-0.4, -0.2) is 25.3 Å². The molecule has 0 unspecified atom stereocenters. The zero-order valence-corrected chi connectivity index (χ0v) is 9.28. The molecule has 0 radical (unpaired) electrons. The lowest BCUT2D eigenvalue weighted by Crippen LogP contribution is -2.35. The predicted molar refractivity (Wildman–Crippen MR) is 62.0 cm³/mol. The fraction of sp³-hybridized carbons (Fsp3) is 0.538. The van der Waals surface area contributed by atoms with E-state index in [9.17, 15) is 0 Å². The highest BCUT2D eigenvalue weighted by molar-refractivity contribution is 5.14. The first kappa shape index (κ1) is 10.7. The van der Waals surface area contributed by atoms with E-state index in [1.807, 2.05) is 0 Å². The fourth-order valence-corrected chi connectivity index (χ4v) is 2.05. The van der Waals surface area contributed by atoms with E-state index in [2.05, 4.69) is 42.6 Å². The van der Waals surface area contributed by atoms with Gasteiger partial charge in [0.15, 0.2) is 0 Å². The highest BCUT2D eigenvalue weighted by Crippen LogP contribution is 2.12. The number of benzene rings is 1. The molecule has 0 aromatic heterocycles. The Bertz CT molecular complexity index is 286. The molecule has 1 aromatic rings. The zero-order chi connectivity index (χ0) is 10.5. The fourth-order valence-electron chi connectivity index (χ4n) is 2.05. The van der Waals surface area contributed by atoms with Crippen LogP contribution >= 0.6 is 0 Å². The van der Waals surface area contributed by atoms with Gasteiger partial charge in [0.1, 0.15) is 0 Å². The van der Waals surface area contributed by atoms with Crippen LogP contribution in [0.1, 0.15) is 18.9 Å². The summed E-state index contributed by atoms with van der Waals surface area (Å²) in [5, 5.41) is 3.55. The summed E-state index contributed by atoms with van der Waals surface area (Å²) in [6, 6.07) is 11.2. The molecule has 2 atom stereocenters. The second kappa shape index (κ2) is 5.29. The molecule has 2 heteroatoms. The van der Waals surface area contributed by atoms with Crippen LogP contribution in [0.4, 0.5) is 0 Å². The third-order valence-corrected chi connectivity index (χ3v) is 3.04. The molecule has 0 amide bonds. The standard InChI is InChI=1S/C13H19NO/c1-11-13(8-10-15-11)14-9-7-12-5-3-2-4-6-12/h2-6,11,13-14H,7-10H2,1H3/t11-,13-/m0/s1. The van der Waals surface area contributed by atoms with E-state index >= 15 is 0 Å². The van der Waals surface area contributed by atoms with Gasteiger partial charge >= 0.3 is 0 Å². The Morgan fingerprint density at radius 2 is 2.13 bits per heavy atom. The summed E-state index contributed by atoms with van der Waals surface area (Å²) in [6.45, 7) is 4.10. The number of hydrogen-bond donors (Lipinski definition) is 1. The average molecular weight is 205 g/mol. The molecule has 1 aliphatic heterocycles. The molecular formula is C13H19NO. The van der Waals surface area contributed by atoms with Crippen LogP contribution < -0.4 is 5.32 Å². The van der Waals surface area contributed by atoms with Crippen molar-refractivity contribution in [1.29, 1.82) is 0 Å². The second-order valence-electron chi connectivity index (χ2n) is 4.16. The molecule has 15 heavy (non-hydrogen) atoms. The van der Waals surface area contributed by atoms with Crippen molar-refractivity contribution in [1.82, 2.24) is 5.32 Å². The maximum absolute atomic E-state index is 5.51. The first-order valence-corrected chi connectivity index (χ1v) is 5.75. The van der Waals surface area contributed by atoms with Gasteiger partial charge in [-0.15, -0.1) is 0 Å². The van der Waals surface area contributed by atoms with E-state index in [1.54, 1.807) is 0 Å². The molecule has 0 spiro atoms. The largest absolute Gasteiger partial charge is 0.377 e. The summed E-state index contributed by atoms with van der Waals surface area (Å²) >= 11 is 0. The van der Waals surface area contributed by atoms with E-state index in [0.29, 0.717) is 12.1 Å². The molecule has 1 saturated heterocycles. The first-order valence-electron chi connectivity index (χ1n) is 5.75. The van der Waals surface area contributed by atoms with Gasteiger partial charge < -0.3 is 10.1 Å². The molecule has 0 saturated carbocycles. The molecule has 2 rings (SSSR count). The lowest BCUT2D eigenvalue weighted by atomic mass is 10.1. The molecule has 1 aliphatic rings. The number of hydrogen-bond acceptors (Lipinski definition) is 2. The van der Waals surface area contributed by atoms with Crippen molar-refractivity contribution in [2.75, 3.05) is 13.2 Å². The van der Waals surface area contributed by atoms with Gasteiger partial charge in [-0.25, -0.2) is 0 Å². The highest BCUT2D eigenvalue weighted by atomic mass is 16.5. The average Bonchev–Trinajstić information content (AvgIpc) is 2.66. The summed E-state index contributed by atoms with van der Waals surface area (Å²) < 4.78 is 5.51. The topological polar surface area (TPSA) is 21.3 Å². The van der Waals surface area contributed by atoms with Crippen molar-refractivity contribution in [3.05, 3.63) is 35.9 Å². The monoisotopic (exact) mass is 205 g/mol. The van der Waals surface area contributed by atoms with Gasteiger partial charge in [0.05, 0.1) is 6.10 Å². The molecule has 1 aromatic carbocycles. The lowest BCUT2D eigenvalue weighted by molar-refractivity contribution is 0.113. The van der Waals surface area contributed by atoms with Crippen molar-refractivity contribution >= 4 is 0 Å². The minimum absolute atomic E-state index is 0.376. The summed E-state index contributed by atoms with van der Waals surface area (Å²) in [7, 11) is 0. The smallest absolute Gasteiger partial charge is 0.0700 e. The predicted octanol–water partition coefficient (Wildman–Crippen LogP) is 2.00. The lowest BCUT2D eigenvalue weighted by Gasteiger charge is -2.15. The molecule has 0 aliphatic carbocycles. The van der Waals surface area contributed by atoms with Crippen LogP contribution in [0.15, 0.2) is 30.3 Å². The van der Waals surface area contributed by atoms with Gasteiger partial charge in [-0.1, -0.05) is 30.3 Å². The minimum atomic E-state index is 0.376. The van der Waals surface area contributed by atoms with Crippen LogP contribution in [-0.2, 0) is 11.2 Å². The maximum Gasteiger partial charge on any atom is 0.0700 e. The Hall–Kier alpha value is -0.860. The Kier molecular flexibility index (Phi) is 3.75. The van der Waals surface area contributed by atoms with E-state index in [4.69, 9.17) is 4.74 Å². The van der Waals surface area contributed by atoms with Crippen molar-refractivity contribution < 1.29 is 4.74 Å². The molecule has 82 valence electrons. The Balaban J connectivity index is 1.71. The molecular weight excluding hydrogens is 186 g/mol. The van der Waals surface area contributed by atoms with E-state index in [0.717, 1.165) is 26.0 Å². The highest BCUT2D eigenvalue weighted by Gasteiger charge is 2.22. The Labute approximate surface area is 91.6 Å². The molecule has 2 nitrogen and oxygen atoms in total. The molecule has 1 fully saturated rings. The van der Waals surface area contributed by atoms with Gasteiger partial charge in [-0.05, 0) is 31.9 Å². The molecule has 0 bridgehead atoms. The summed E-state index contributed by atoms with van der Waals surface area (Å²) in [6.07, 6.45) is 2.63. The third-order valence-electron chi connectivity index (χ3n) is 3.04. The van der Waals surface area contributed by atoms with Gasteiger partial charge in [0.25, 0.3) is 0 Å². The van der Waals surface area contributed by atoms with E-state index < -0.39 is 0 Å². The van der Waals surface area contributed by atoms with Crippen LogP contribution in [0.2, 0.25) is 0 Å². The second-order valence-corrected chi connectivity index (χ2v) is 4.16. The quantitative estimate of drug-likeness (QED) is 0.811. The summed E-state index contributed by atoms with van der Waals surface area (Å²) in [5.74, 6) is 0. The number of rotatable bonds is 4. The maximum atomic E-state index is 5.51.